The molecule has 2 aliphatic heterocycles. The maximum absolute atomic E-state index is 12.5. The van der Waals surface area contributed by atoms with E-state index in [0.29, 0.717) is 12.3 Å². The Morgan fingerprint density at radius 1 is 0.974 bits per heavy atom. The Kier molecular flexibility index (Phi) is 7.75. The van der Waals surface area contributed by atoms with E-state index in [4.69, 9.17) is 13.9 Å². The highest BCUT2D eigenvalue weighted by Gasteiger charge is 2.29. The first kappa shape index (κ1) is 25.4. The molecule has 1 fully saturated rings. The van der Waals surface area contributed by atoms with Crippen molar-refractivity contribution in [1.29, 1.82) is 0 Å². The van der Waals surface area contributed by atoms with E-state index >= 15 is 0 Å². The molecule has 1 aromatic heterocycles. The number of ether oxygens (including phenoxy) is 2. The van der Waals surface area contributed by atoms with Gasteiger partial charge in [-0.2, -0.15) is 0 Å². The van der Waals surface area contributed by atoms with Crippen LogP contribution in [0.2, 0.25) is 0 Å². The summed E-state index contributed by atoms with van der Waals surface area (Å²) in [4.78, 5) is 15.0. The van der Waals surface area contributed by atoms with E-state index in [1.54, 1.807) is 12.1 Å². The van der Waals surface area contributed by atoms with E-state index in [1.165, 1.54) is 22.3 Å². The molecule has 1 amide bonds. The number of furan rings is 1. The van der Waals surface area contributed by atoms with Crippen LogP contribution in [-0.2, 0) is 24.3 Å². The first-order valence-corrected chi connectivity index (χ1v) is 13.8. The molecule has 6 rings (SSSR count). The molecule has 0 unspecified atom stereocenters. The number of carbonyl (C=O) groups is 1. The van der Waals surface area contributed by atoms with Crippen LogP contribution in [0.5, 0.6) is 5.75 Å². The average molecular weight is 523 g/mol. The summed E-state index contributed by atoms with van der Waals surface area (Å²) in [5.41, 5.74) is 5.21. The molecule has 0 radical (unpaired) electrons. The van der Waals surface area contributed by atoms with Gasteiger partial charge >= 0.3 is 0 Å². The quantitative estimate of drug-likeness (QED) is 0.296. The molecule has 2 atom stereocenters. The second-order valence-electron chi connectivity index (χ2n) is 10.3. The van der Waals surface area contributed by atoms with Crippen molar-refractivity contribution in [3.63, 3.8) is 0 Å². The topological polar surface area (TPSA) is 63.9 Å². The number of nitrogens with one attached hydrogen (secondary N) is 1. The van der Waals surface area contributed by atoms with Gasteiger partial charge in [0.2, 0.25) is 0 Å². The van der Waals surface area contributed by atoms with Crippen molar-refractivity contribution in [2.45, 2.75) is 44.6 Å². The van der Waals surface area contributed by atoms with Crippen LogP contribution in [0.4, 0.5) is 0 Å². The summed E-state index contributed by atoms with van der Waals surface area (Å²) < 4.78 is 17.5. The number of hydrogen-bond donors (Lipinski definition) is 1. The zero-order chi connectivity index (χ0) is 26.4. The molecule has 0 saturated carbocycles. The Bertz CT molecular complexity index is 1380. The summed E-state index contributed by atoms with van der Waals surface area (Å²) >= 11 is 0. The Morgan fingerprint density at radius 3 is 2.59 bits per heavy atom. The molecule has 3 heterocycles. The molecule has 0 spiro atoms. The predicted octanol–water partition coefficient (Wildman–Crippen LogP) is 5.92. The number of carbonyl (C=O) groups excluding carboxylic acids is 1. The molecule has 6 heteroatoms. The monoisotopic (exact) mass is 522 g/mol. The highest BCUT2D eigenvalue weighted by atomic mass is 16.5. The van der Waals surface area contributed by atoms with E-state index < -0.39 is 0 Å². The largest absolute Gasteiger partial charge is 0.486 e. The lowest BCUT2D eigenvalue weighted by Gasteiger charge is -2.38. The molecule has 1 N–H and O–H groups in total. The summed E-state index contributed by atoms with van der Waals surface area (Å²) in [7, 11) is 0. The molecule has 4 aromatic rings. The first-order valence-electron chi connectivity index (χ1n) is 13.8. The second-order valence-corrected chi connectivity index (χ2v) is 10.3. The number of benzene rings is 3. The number of amides is 1. The third-order valence-electron chi connectivity index (χ3n) is 7.57. The molecule has 3 aromatic carbocycles. The highest BCUT2D eigenvalue weighted by Crippen LogP contribution is 2.38. The smallest absolute Gasteiger partial charge is 0.287 e. The third kappa shape index (κ3) is 6.08. The van der Waals surface area contributed by atoms with Crippen molar-refractivity contribution in [2.24, 2.45) is 0 Å². The van der Waals surface area contributed by atoms with Gasteiger partial charge in [-0.3, -0.25) is 9.69 Å². The minimum Gasteiger partial charge on any atom is -0.486 e. The Hall–Kier alpha value is -3.87. The van der Waals surface area contributed by atoms with Crippen LogP contribution in [0.25, 0.3) is 0 Å². The van der Waals surface area contributed by atoms with E-state index in [1.807, 2.05) is 6.07 Å². The number of hydrogen-bond acceptors (Lipinski definition) is 5. The van der Waals surface area contributed by atoms with Gasteiger partial charge in [0.15, 0.2) is 5.76 Å². The molecule has 6 nitrogen and oxygen atoms in total. The van der Waals surface area contributed by atoms with Gasteiger partial charge in [0, 0.05) is 26.2 Å². The molecule has 200 valence electrons. The summed E-state index contributed by atoms with van der Waals surface area (Å²) in [5.74, 6) is 1.46. The van der Waals surface area contributed by atoms with Crippen molar-refractivity contribution in [3.8, 4) is 5.75 Å². The fraction of sp³-hybridized carbons (Fsp3) is 0.303. The standard InChI is InChI=1S/C33H34N2O4/c36-33(34-21-28-12-7-19-37-28)31-16-15-29(39-31)23-38-27-14-13-25-17-18-35(22-24-8-3-1-4-9-24)32(30(25)20-27)26-10-5-2-6-11-26/h1-6,8-11,13-16,20,28,32H,7,12,17-19,21-23H2,(H,34,36)/t28-,32-/m0/s1. The van der Waals surface area contributed by atoms with E-state index in [0.717, 1.165) is 44.7 Å². The maximum Gasteiger partial charge on any atom is 0.287 e. The van der Waals surface area contributed by atoms with Crippen LogP contribution in [0, 0.1) is 0 Å². The van der Waals surface area contributed by atoms with E-state index in [9.17, 15) is 4.79 Å². The van der Waals surface area contributed by atoms with Gasteiger partial charge in [0.25, 0.3) is 5.91 Å². The van der Waals surface area contributed by atoms with Gasteiger partial charge < -0.3 is 19.2 Å². The predicted molar refractivity (Wildman–Crippen MR) is 150 cm³/mol. The van der Waals surface area contributed by atoms with Crippen molar-refractivity contribution >= 4 is 5.91 Å². The molecule has 1 saturated heterocycles. The average Bonchev–Trinajstić information content (AvgIpc) is 3.68. The summed E-state index contributed by atoms with van der Waals surface area (Å²) in [6.45, 7) is 3.40. The molecular weight excluding hydrogens is 488 g/mol. The van der Waals surface area contributed by atoms with Crippen LogP contribution in [-0.4, -0.2) is 36.6 Å². The van der Waals surface area contributed by atoms with Crippen molar-refractivity contribution < 1.29 is 18.7 Å². The van der Waals surface area contributed by atoms with Gasteiger partial charge in [0.05, 0.1) is 12.1 Å². The number of rotatable bonds is 9. The van der Waals surface area contributed by atoms with Crippen LogP contribution < -0.4 is 10.1 Å². The molecule has 39 heavy (non-hydrogen) atoms. The molecule has 0 aliphatic carbocycles. The van der Waals surface area contributed by atoms with Gasteiger partial charge in [-0.25, -0.2) is 0 Å². The zero-order valence-electron chi connectivity index (χ0n) is 22.1. The Morgan fingerprint density at radius 2 is 1.79 bits per heavy atom. The minimum atomic E-state index is -0.227. The van der Waals surface area contributed by atoms with Crippen LogP contribution >= 0.6 is 0 Å². The van der Waals surface area contributed by atoms with Crippen molar-refractivity contribution in [3.05, 3.63) is 125 Å². The zero-order valence-corrected chi connectivity index (χ0v) is 22.1. The normalized spacial score (nSPS) is 19.0. The number of fused-ring (bicyclic) bond motifs is 1. The lowest BCUT2D eigenvalue weighted by Crippen LogP contribution is -2.35. The fourth-order valence-electron chi connectivity index (χ4n) is 5.58. The Labute approximate surface area is 229 Å². The van der Waals surface area contributed by atoms with Crippen LogP contribution in [0.3, 0.4) is 0 Å². The summed E-state index contributed by atoms with van der Waals surface area (Å²) in [6, 6.07) is 31.4. The van der Waals surface area contributed by atoms with Crippen LogP contribution in [0.1, 0.15) is 57.5 Å². The lowest BCUT2D eigenvalue weighted by atomic mass is 9.87. The van der Waals surface area contributed by atoms with Crippen molar-refractivity contribution in [1.82, 2.24) is 10.2 Å². The SMILES string of the molecule is O=C(NC[C@@H]1CCCO1)c1ccc(COc2ccc3c(c2)[C@H](c2ccccc2)N(Cc2ccccc2)CC3)o1. The number of nitrogens with zero attached hydrogens (tertiary/aromatic N) is 1. The first-order chi connectivity index (χ1) is 19.2. The van der Waals surface area contributed by atoms with Gasteiger partial charge in [0.1, 0.15) is 18.1 Å². The molecule has 2 aliphatic rings. The lowest BCUT2D eigenvalue weighted by molar-refractivity contribution is 0.0832. The highest BCUT2D eigenvalue weighted by molar-refractivity contribution is 5.91. The fourth-order valence-corrected chi connectivity index (χ4v) is 5.58. The Balaban J connectivity index is 1.16. The minimum absolute atomic E-state index is 0.0963. The van der Waals surface area contributed by atoms with Gasteiger partial charge in [-0.15, -0.1) is 0 Å². The van der Waals surface area contributed by atoms with Crippen molar-refractivity contribution in [2.75, 3.05) is 19.7 Å². The van der Waals surface area contributed by atoms with E-state index in [2.05, 4.69) is 83.0 Å². The van der Waals surface area contributed by atoms with E-state index in [-0.39, 0.29) is 30.4 Å². The molecule has 0 bridgehead atoms. The third-order valence-corrected chi connectivity index (χ3v) is 7.57. The van der Waals surface area contributed by atoms with Gasteiger partial charge in [-0.1, -0.05) is 66.7 Å². The van der Waals surface area contributed by atoms with Crippen LogP contribution in [0.15, 0.2) is 95.4 Å². The van der Waals surface area contributed by atoms with Gasteiger partial charge in [-0.05, 0) is 65.8 Å². The maximum atomic E-state index is 12.5. The summed E-state index contributed by atoms with van der Waals surface area (Å²) in [6.07, 6.45) is 3.11. The molecular formula is C33H34N2O4. The second kappa shape index (κ2) is 11.9. The summed E-state index contributed by atoms with van der Waals surface area (Å²) in [5, 5.41) is 2.90.